The molecule has 1 fully saturated rings. The first kappa shape index (κ1) is 30.6. The summed E-state index contributed by atoms with van der Waals surface area (Å²) < 4.78 is 14.0. The molecule has 5 rings (SSSR count). The average Bonchev–Trinajstić information content (AvgIpc) is 3.45. The van der Waals surface area contributed by atoms with Crippen molar-refractivity contribution >= 4 is 45.4 Å². The SMILES string of the molecule is O=C(CCCCCCC(=O)Nc1ccc(C2CC(CSC3=NC4C=CC=CC4S3)OC(c3ccccc3)O2)cc1)NO. The zero-order valence-electron chi connectivity index (χ0n) is 23.4. The molecule has 0 aromatic heterocycles. The van der Waals surface area contributed by atoms with E-state index in [-0.39, 0.29) is 30.1 Å². The minimum Gasteiger partial charge on any atom is -0.344 e. The molecule has 2 aromatic carbocycles. The summed E-state index contributed by atoms with van der Waals surface area (Å²) in [5, 5.41) is 11.9. The normalized spacial score (nSPS) is 24.6. The van der Waals surface area contributed by atoms with Gasteiger partial charge in [-0.2, -0.15) is 0 Å². The first-order chi connectivity index (χ1) is 20.6. The number of anilines is 1. The van der Waals surface area contributed by atoms with Crippen LogP contribution in [0.2, 0.25) is 0 Å². The number of hydroxylamine groups is 1. The lowest BCUT2D eigenvalue weighted by Crippen LogP contribution is -2.31. The number of allylic oxidation sites excluding steroid dienone is 2. The molecule has 2 heterocycles. The minimum atomic E-state index is -0.459. The molecule has 5 unspecified atom stereocenters. The zero-order valence-corrected chi connectivity index (χ0v) is 25.0. The molecular weight excluding hydrogens is 571 g/mol. The number of amides is 2. The van der Waals surface area contributed by atoms with Crippen molar-refractivity contribution in [2.24, 2.45) is 4.99 Å². The number of unbranched alkanes of at least 4 members (excludes halogenated alkanes) is 3. The highest BCUT2D eigenvalue weighted by atomic mass is 32.2. The number of fused-ring (bicyclic) bond motifs is 1. The molecule has 2 amide bonds. The molecule has 0 bridgehead atoms. The fourth-order valence-corrected chi connectivity index (χ4v) is 7.51. The van der Waals surface area contributed by atoms with Gasteiger partial charge in [0.15, 0.2) is 6.29 Å². The van der Waals surface area contributed by atoms with E-state index < -0.39 is 6.29 Å². The van der Waals surface area contributed by atoms with E-state index in [0.717, 1.165) is 52.6 Å². The van der Waals surface area contributed by atoms with Gasteiger partial charge in [0.2, 0.25) is 11.8 Å². The highest BCUT2D eigenvalue weighted by Crippen LogP contribution is 2.41. The standard InChI is InChI=1S/C32H37N3O5S2/c36-29(14-6-1-2-7-15-30(37)35-38)33-24-18-16-22(17-19-24)27-20-25(39-31(40-27)23-10-4-3-5-11-23)21-41-32-34-26-12-8-9-13-28(26)42-32/h3-5,8-13,16-19,25-28,31,38H,1-2,6-7,14-15,20-21H2,(H,33,36)(H,35,37). The van der Waals surface area contributed by atoms with E-state index in [1.165, 1.54) is 0 Å². The van der Waals surface area contributed by atoms with Crippen LogP contribution in [-0.4, -0.2) is 44.5 Å². The molecule has 42 heavy (non-hydrogen) atoms. The summed E-state index contributed by atoms with van der Waals surface area (Å²) >= 11 is 3.59. The number of nitrogens with one attached hydrogen (secondary N) is 2. The lowest BCUT2D eigenvalue weighted by Gasteiger charge is -2.36. The number of aliphatic imine (C=N–C) groups is 1. The van der Waals surface area contributed by atoms with E-state index >= 15 is 0 Å². The van der Waals surface area contributed by atoms with Crippen molar-refractivity contribution in [3.8, 4) is 0 Å². The average molecular weight is 608 g/mol. The van der Waals surface area contributed by atoms with Crippen molar-refractivity contribution in [1.29, 1.82) is 0 Å². The Labute approximate surface area is 255 Å². The number of hydrogen-bond donors (Lipinski definition) is 3. The van der Waals surface area contributed by atoms with Crippen LogP contribution < -0.4 is 10.8 Å². The van der Waals surface area contributed by atoms with E-state index in [0.29, 0.717) is 24.5 Å². The molecule has 3 aliphatic rings. The molecule has 2 aliphatic heterocycles. The van der Waals surface area contributed by atoms with Crippen molar-refractivity contribution in [2.75, 3.05) is 11.1 Å². The summed E-state index contributed by atoms with van der Waals surface area (Å²) in [6, 6.07) is 18.2. The molecule has 3 N–H and O–H groups in total. The molecule has 1 aliphatic carbocycles. The zero-order chi connectivity index (χ0) is 29.1. The van der Waals surface area contributed by atoms with Crippen LogP contribution in [0.25, 0.3) is 0 Å². The highest BCUT2D eigenvalue weighted by molar-refractivity contribution is 8.39. The third-order valence-corrected chi connectivity index (χ3v) is 9.89. The van der Waals surface area contributed by atoms with Crippen molar-refractivity contribution in [2.45, 2.75) is 74.7 Å². The number of ether oxygens (including phenoxy) is 2. The Morgan fingerprint density at radius 1 is 0.905 bits per heavy atom. The second kappa shape index (κ2) is 15.5. The monoisotopic (exact) mass is 607 g/mol. The van der Waals surface area contributed by atoms with E-state index in [2.05, 4.69) is 29.6 Å². The van der Waals surface area contributed by atoms with Crippen LogP contribution in [0, 0.1) is 0 Å². The van der Waals surface area contributed by atoms with Gasteiger partial charge in [-0.05, 0) is 30.5 Å². The minimum absolute atomic E-state index is 0.00614. The maximum Gasteiger partial charge on any atom is 0.243 e. The number of carbonyl (C=O) groups excluding carboxylic acids is 2. The second-order valence-electron chi connectivity index (χ2n) is 10.5. The van der Waals surface area contributed by atoms with Gasteiger partial charge in [-0.25, -0.2) is 5.48 Å². The number of hydrogen-bond acceptors (Lipinski definition) is 8. The predicted molar refractivity (Wildman–Crippen MR) is 169 cm³/mol. The second-order valence-corrected chi connectivity index (χ2v) is 13.0. The van der Waals surface area contributed by atoms with Crippen molar-refractivity contribution < 1.29 is 24.3 Å². The number of nitrogens with zero attached hydrogens (tertiary/aromatic N) is 1. The van der Waals surface area contributed by atoms with Gasteiger partial charge < -0.3 is 14.8 Å². The lowest BCUT2D eigenvalue weighted by molar-refractivity contribution is -0.245. The van der Waals surface area contributed by atoms with E-state index in [1.54, 1.807) is 17.2 Å². The van der Waals surface area contributed by atoms with E-state index in [9.17, 15) is 9.59 Å². The molecule has 1 saturated heterocycles. The predicted octanol–water partition coefficient (Wildman–Crippen LogP) is 6.72. The molecule has 222 valence electrons. The number of rotatable bonds is 12. The summed E-state index contributed by atoms with van der Waals surface area (Å²) in [5.41, 5.74) is 4.43. The maximum absolute atomic E-state index is 12.4. The van der Waals surface area contributed by atoms with Crippen LogP contribution in [-0.2, 0) is 19.1 Å². The van der Waals surface area contributed by atoms with Crippen LogP contribution >= 0.6 is 23.5 Å². The molecule has 8 nitrogen and oxygen atoms in total. The van der Waals surface area contributed by atoms with Crippen molar-refractivity contribution in [3.05, 3.63) is 90.0 Å². The maximum atomic E-state index is 12.4. The molecule has 0 spiro atoms. The molecule has 10 heteroatoms. The summed E-state index contributed by atoms with van der Waals surface area (Å²) in [4.78, 5) is 28.4. The largest absolute Gasteiger partial charge is 0.344 e. The molecule has 5 atom stereocenters. The number of carbonyl (C=O) groups is 2. The van der Waals surface area contributed by atoms with Gasteiger partial charge >= 0.3 is 0 Å². The highest BCUT2D eigenvalue weighted by Gasteiger charge is 2.34. The smallest absolute Gasteiger partial charge is 0.243 e. The van der Waals surface area contributed by atoms with Crippen LogP contribution in [0.3, 0.4) is 0 Å². The Hall–Kier alpha value is -2.89. The van der Waals surface area contributed by atoms with Gasteiger partial charge in [0, 0.05) is 36.3 Å². The Kier molecular flexibility index (Phi) is 11.3. The molecule has 2 aromatic rings. The molecule has 0 saturated carbocycles. The van der Waals surface area contributed by atoms with Crippen LogP contribution in [0.1, 0.15) is 68.5 Å². The Morgan fingerprint density at radius 2 is 1.64 bits per heavy atom. The molecule has 0 radical (unpaired) electrons. The van der Waals surface area contributed by atoms with Crippen LogP contribution in [0.15, 0.2) is 83.9 Å². The fourth-order valence-electron chi connectivity index (χ4n) is 5.08. The first-order valence-electron chi connectivity index (χ1n) is 14.5. The van der Waals surface area contributed by atoms with Crippen molar-refractivity contribution in [1.82, 2.24) is 5.48 Å². The summed E-state index contributed by atoms with van der Waals surface area (Å²) in [6.45, 7) is 0. The van der Waals surface area contributed by atoms with Crippen LogP contribution in [0.4, 0.5) is 5.69 Å². The van der Waals surface area contributed by atoms with Gasteiger partial charge in [0.05, 0.1) is 23.5 Å². The van der Waals surface area contributed by atoms with Gasteiger partial charge in [0.25, 0.3) is 0 Å². The third-order valence-electron chi connectivity index (χ3n) is 7.34. The topological polar surface area (TPSA) is 109 Å². The van der Waals surface area contributed by atoms with Gasteiger partial charge in [-0.15, -0.1) is 0 Å². The van der Waals surface area contributed by atoms with Gasteiger partial charge in [0.1, 0.15) is 4.38 Å². The summed E-state index contributed by atoms with van der Waals surface area (Å²) in [6.07, 6.45) is 12.5. The Bertz CT molecular complexity index is 1280. The van der Waals surface area contributed by atoms with Crippen LogP contribution in [0.5, 0.6) is 0 Å². The number of benzene rings is 2. The van der Waals surface area contributed by atoms with Crippen molar-refractivity contribution in [3.63, 3.8) is 0 Å². The van der Waals surface area contributed by atoms with E-state index in [1.807, 2.05) is 66.4 Å². The summed E-state index contributed by atoms with van der Waals surface area (Å²) in [7, 11) is 0. The summed E-state index contributed by atoms with van der Waals surface area (Å²) in [5.74, 6) is 0.390. The van der Waals surface area contributed by atoms with Gasteiger partial charge in [-0.3, -0.25) is 19.8 Å². The van der Waals surface area contributed by atoms with E-state index in [4.69, 9.17) is 19.7 Å². The quantitative estimate of drug-likeness (QED) is 0.140. The number of thioether (sulfide) groups is 2. The van der Waals surface area contributed by atoms with Gasteiger partial charge in [-0.1, -0.05) is 103 Å². The lowest BCUT2D eigenvalue weighted by atomic mass is 10.0. The fraction of sp³-hybridized carbons (Fsp3) is 0.406. The Morgan fingerprint density at radius 3 is 2.38 bits per heavy atom. The molecular formula is C32H37N3O5S2. The first-order valence-corrected chi connectivity index (χ1v) is 16.3. The Balaban J connectivity index is 1.14. The third kappa shape index (κ3) is 8.81.